The number of ether oxygens (including phenoxy) is 2. The molecular weight excluding hydrogens is 815 g/mol. The number of carbonyl (C=O) groups is 2. The van der Waals surface area contributed by atoms with Crippen LogP contribution in [0.15, 0.2) is 0 Å². The molecule has 0 aliphatic rings. The van der Waals surface area contributed by atoms with Crippen LogP contribution in [-0.2, 0) is 19.1 Å². The van der Waals surface area contributed by atoms with Crippen LogP contribution in [0.2, 0.25) is 0 Å². The zero-order chi connectivity index (χ0) is 43.6. The number of carbonyl (C=O) groups excluding carboxylic acids is 2. The second kappa shape index (κ2) is 28.9. The summed E-state index contributed by atoms with van der Waals surface area (Å²) in [7, 11) is -1.27. The molecule has 4 atom stereocenters. The van der Waals surface area contributed by atoms with E-state index >= 15 is 0 Å². The van der Waals surface area contributed by atoms with Crippen molar-refractivity contribution in [2.45, 2.75) is 211 Å². The van der Waals surface area contributed by atoms with Crippen LogP contribution >= 0.6 is 61.1 Å². The Balaban J connectivity index is 6.03. The first-order chi connectivity index (χ1) is 25.8. The Bertz CT molecular complexity index is 1070. The molecule has 0 saturated carbocycles. The van der Waals surface area contributed by atoms with Crippen molar-refractivity contribution in [3.05, 3.63) is 0 Å². The average molecular weight is 903 g/mol. The van der Waals surface area contributed by atoms with E-state index in [1.165, 1.54) is 23.5 Å². The van der Waals surface area contributed by atoms with Crippen molar-refractivity contribution in [1.29, 1.82) is 0 Å². The van der Waals surface area contributed by atoms with E-state index in [9.17, 15) is 9.59 Å². The third-order valence-electron chi connectivity index (χ3n) is 8.95. The smallest absolute Gasteiger partial charge is 0.194 e. The van der Waals surface area contributed by atoms with Crippen LogP contribution in [0.4, 0.5) is 0 Å². The third-order valence-corrected chi connectivity index (χ3v) is 22.4. The minimum atomic E-state index is -0.650. The number of hydrogen-bond acceptors (Lipinski definition) is 12. The molecule has 56 heavy (non-hydrogen) atoms. The third kappa shape index (κ3) is 21.9. The molecule has 334 valence electrons. The summed E-state index contributed by atoms with van der Waals surface area (Å²) in [5, 5.41) is 0.453. The largest absolute Gasteiger partial charge is 0.380 e. The zero-order valence-corrected chi connectivity index (χ0v) is 44.7. The topological polar surface area (TPSA) is 65.6 Å². The molecule has 4 unspecified atom stereocenters. The van der Waals surface area contributed by atoms with Gasteiger partial charge in [0, 0.05) is 82.2 Å². The molecule has 8 nitrogen and oxygen atoms in total. The summed E-state index contributed by atoms with van der Waals surface area (Å²) >= 11 is 6.94. The average Bonchev–Trinajstić information content (AvgIpc) is 3.04. The van der Waals surface area contributed by atoms with E-state index in [0.29, 0.717) is 81.2 Å². The number of thioether (sulfide) groups is 2. The summed E-state index contributed by atoms with van der Waals surface area (Å²) in [5.74, 6) is 2.60. The highest BCUT2D eigenvalue weighted by Gasteiger charge is 2.38. The summed E-state index contributed by atoms with van der Waals surface area (Å²) in [6, 6.07) is 3.39. The second-order valence-electron chi connectivity index (χ2n) is 18.2. The van der Waals surface area contributed by atoms with Crippen molar-refractivity contribution < 1.29 is 19.1 Å². The molecule has 0 spiro atoms. The van der Waals surface area contributed by atoms with Crippen molar-refractivity contribution in [2.24, 2.45) is 5.41 Å². The Labute approximate surface area is 367 Å². The minimum Gasteiger partial charge on any atom is -0.380 e. The molecule has 0 aromatic rings. The Morgan fingerprint density at radius 1 is 0.554 bits per heavy atom. The Hall–Kier alpha value is 1.36. The zero-order valence-electron chi connectivity index (χ0n) is 39.6. The molecule has 0 amide bonds. The number of hydrogen-bond donors (Lipinski definition) is 0. The molecule has 0 aromatic heterocycles. The first kappa shape index (κ1) is 57.4. The lowest BCUT2D eigenvalue weighted by Crippen LogP contribution is -2.44. The summed E-state index contributed by atoms with van der Waals surface area (Å²) in [5.41, 5.74) is -0.357. The number of nitrogens with zero attached hydrogens (tertiary/aromatic N) is 4. The van der Waals surface area contributed by atoms with E-state index < -0.39 is 14.8 Å². The van der Waals surface area contributed by atoms with Crippen LogP contribution in [0.3, 0.4) is 0 Å². The molecule has 0 bridgehead atoms. The first-order valence-corrected chi connectivity index (χ1v) is 28.8. The van der Waals surface area contributed by atoms with Crippen molar-refractivity contribution in [3.63, 3.8) is 0 Å². The van der Waals surface area contributed by atoms with E-state index in [4.69, 9.17) is 9.47 Å². The van der Waals surface area contributed by atoms with Crippen molar-refractivity contribution in [3.8, 4) is 0 Å². The highest BCUT2D eigenvalue weighted by Crippen LogP contribution is 2.61. The van der Waals surface area contributed by atoms with E-state index in [2.05, 4.69) is 152 Å². The highest BCUT2D eigenvalue weighted by molar-refractivity contribution is 8.54. The predicted molar refractivity (Wildman–Crippen MR) is 261 cm³/mol. The van der Waals surface area contributed by atoms with Crippen molar-refractivity contribution in [1.82, 2.24) is 18.7 Å². The first-order valence-electron chi connectivity index (χ1n) is 21.3. The van der Waals surface area contributed by atoms with Gasteiger partial charge in [0.1, 0.15) is 14.8 Å². The van der Waals surface area contributed by atoms with Gasteiger partial charge in [-0.25, -0.2) is 0 Å². The van der Waals surface area contributed by atoms with E-state index in [-0.39, 0.29) is 20.4 Å². The maximum atomic E-state index is 12.7. The SMILES string of the molecule is CCC(=O)SCCOCCSP(N(C(C)C)C(C)C)N(C(C)C)C(C)CCC(C)N(C(C)C)P(SCCOCC(C)(C)SC(=O)C(C)(C)C)N(C(C)C)C(C)C. The molecule has 0 aromatic carbocycles. The monoisotopic (exact) mass is 903 g/mol. The van der Waals surface area contributed by atoms with Crippen LogP contribution in [0.1, 0.15) is 158 Å². The summed E-state index contributed by atoms with van der Waals surface area (Å²) in [6.07, 6.45) is 2.84. The lowest BCUT2D eigenvalue weighted by molar-refractivity contribution is -0.117. The fraction of sp³-hybridized carbons (Fsp3) is 0.952. The number of rotatable bonds is 30. The summed E-state index contributed by atoms with van der Waals surface area (Å²) in [6.45, 7) is 47.8. The molecule has 0 heterocycles. The van der Waals surface area contributed by atoms with Gasteiger partial charge >= 0.3 is 0 Å². The van der Waals surface area contributed by atoms with Crippen LogP contribution in [0, 0.1) is 5.41 Å². The summed E-state index contributed by atoms with van der Waals surface area (Å²) in [4.78, 5) is 24.4. The van der Waals surface area contributed by atoms with Crippen molar-refractivity contribution >= 4 is 71.4 Å². The lowest BCUT2D eigenvalue weighted by atomic mass is 9.99. The fourth-order valence-corrected chi connectivity index (χ4v) is 20.5. The van der Waals surface area contributed by atoms with Gasteiger partial charge in [-0.1, -0.05) is 74.0 Å². The van der Waals surface area contributed by atoms with Gasteiger partial charge in [-0.2, -0.15) is 0 Å². The van der Waals surface area contributed by atoms with Gasteiger partial charge in [0.05, 0.1) is 26.4 Å². The predicted octanol–water partition coefficient (Wildman–Crippen LogP) is 12.9. The normalized spacial score (nSPS) is 15.6. The molecular formula is C42H88N4O4P2S4. The van der Waals surface area contributed by atoms with Gasteiger partial charge in [-0.15, -0.1) is 0 Å². The van der Waals surface area contributed by atoms with E-state index in [1.54, 1.807) is 0 Å². The van der Waals surface area contributed by atoms with Gasteiger partial charge in [0.15, 0.2) is 10.2 Å². The molecule has 0 fully saturated rings. The summed E-state index contributed by atoms with van der Waals surface area (Å²) < 4.78 is 23.2. The quantitative estimate of drug-likeness (QED) is 0.0509. The standard InChI is InChI=1S/C42H88N4O4P2S4/c1-21-39(47)53-27-24-49-25-28-54-51(43(31(2)3)32(4)5)45(35(10)11)37(14)22-23-38(15)46(36(12)13)52(44(33(6)7)34(8)9)55-29-26-50-30-42(19,20)56-40(48)41(16,17)18/h31-38H,21-30H2,1-20H3. The van der Waals surface area contributed by atoms with E-state index in [1.807, 2.05) is 27.7 Å². The Kier molecular flexibility index (Phi) is 29.6. The molecule has 0 aliphatic carbocycles. The van der Waals surface area contributed by atoms with Crippen LogP contribution in [0.5, 0.6) is 0 Å². The van der Waals surface area contributed by atoms with Crippen LogP contribution in [-0.4, -0.2) is 126 Å². The fourth-order valence-electron chi connectivity index (χ4n) is 6.51. The van der Waals surface area contributed by atoms with E-state index in [0.717, 1.165) is 30.1 Å². The van der Waals surface area contributed by atoms with Gasteiger partial charge in [-0.3, -0.25) is 28.3 Å². The Morgan fingerprint density at radius 3 is 1.25 bits per heavy atom. The Morgan fingerprint density at radius 2 is 0.911 bits per heavy atom. The maximum absolute atomic E-state index is 12.7. The second-order valence-corrected chi connectivity index (χ2v) is 28.7. The molecule has 0 rings (SSSR count). The highest BCUT2D eigenvalue weighted by atomic mass is 32.7. The molecule has 0 saturated heterocycles. The molecule has 0 aliphatic heterocycles. The van der Waals surface area contributed by atoms with Gasteiger partial charge in [0.2, 0.25) is 0 Å². The van der Waals surface area contributed by atoms with Crippen LogP contribution in [0.25, 0.3) is 0 Å². The van der Waals surface area contributed by atoms with Gasteiger partial charge in [-0.05, 0) is 124 Å². The van der Waals surface area contributed by atoms with Gasteiger partial charge < -0.3 is 9.47 Å². The van der Waals surface area contributed by atoms with Crippen LogP contribution < -0.4 is 0 Å². The molecule has 0 N–H and O–H groups in total. The maximum Gasteiger partial charge on any atom is 0.194 e. The molecule has 14 heteroatoms. The van der Waals surface area contributed by atoms with Gasteiger partial charge in [0.25, 0.3) is 0 Å². The lowest BCUT2D eigenvalue weighted by Gasteiger charge is -2.48. The van der Waals surface area contributed by atoms with Crippen molar-refractivity contribution in [2.75, 3.05) is 43.7 Å². The molecule has 0 radical (unpaired) electrons. The minimum absolute atomic E-state index is 0.214.